The summed E-state index contributed by atoms with van der Waals surface area (Å²) in [6, 6.07) is 32.9. The number of benzene rings is 8. The molecule has 0 amide bonds. The number of hydrogen-bond donors (Lipinski definition) is 8. The molecule has 0 heterocycles. The van der Waals surface area contributed by atoms with E-state index in [-0.39, 0.29) is 0 Å². The fourth-order valence-corrected chi connectivity index (χ4v) is 8.17. The van der Waals surface area contributed by atoms with Crippen LogP contribution in [0, 0.1) is 51.0 Å². The number of aryl methyl sites for hydroxylation is 4. The fourth-order valence-electron chi connectivity index (χ4n) is 7.29. The second-order valence-electron chi connectivity index (χ2n) is 15.7. The predicted octanol–water partition coefficient (Wildman–Crippen LogP) is 14.5. The smallest absolute Gasteiger partial charge is 0.146 e. The first-order valence-electron chi connectivity index (χ1n) is 20.4. The highest BCUT2D eigenvalue weighted by molar-refractivity contribution is 6.40. The highest BCUT2D eigenvalue weighted by Gasteiger charge is 2.17. The number of nitrogens with two attached hydrogens (primary N) is 8. The molecule has 0 saturated heterocycles. The average molecular weight is 1000 g/mol. The average Bonchev–Trinajstić information content (AvgIpc) is 3.25. The van der Waals surface area contributed by atoms with Crippen LogP contribution in [0.25, 0.3) is 44.5 Å². The molecule has 8 rings (SSSR count). The van der Waals surface area contributed by atoms with Crippen LogP contribution in [0.4, 0.5) is 63.1 Å². The van der Waals surface area contributed by atoms with Crippen molar-refractivity contribution in [2.24, 2.45) is 0 Å². The van der Waals surface area contributed by atoms with Gasteiger partial charge in [0.05, 0.1) is 42.8 Å². The molecule has 8 aromatic carbocycles. The van der Waals surface area contributed by atoms with Crippen molar-refractivity contribution in [3.05, 3.63) is 187 Å². The van der Waals surface area contributed by atoms with Crippen LogP contribution in [0.2, 0.25) is 20.1 Å². The molecule has 0 fully saturated rings. The minimum atomic E-state index is -0.947. The molecule has 0 radical (unpaired) electrons. The van der Waals surface area contributed by atoms with Crippen LogP contribution < -0.4 is 45.9 Å². The summed E-state index contributed by atoms with van der Waals surface area (Å²) in [5, 5.41) is 1.69. The molecule has 0 bridgehead atoms. The molecule has 0 aliphatic carbocycles. The summed E-state index contributed by atoms with van der Waals surface area (Å²) in [5.74, 6) is -3.72. The highest BCUT2D eigenvalue weighted by Crippen LogP contribution is 2.41. The number of anilines is 8. The molecule has 8 aromatic rings. The number of halogens is 8. The van der Waals surface area contributed by atoms with Crippen molar-refractivity contribution in [3.8, 4) is 44.5 Å². The summed E-state index contributed by atoms with van der Waals surface area (Å²) in [6.45, 7) is 8.42. The Morgan fingerprint density at radius 2 is 0.632 bits per heavy atom. The van der Waals surface area contributed by atoms with Gasteiger partial charge in [-0.2, -0.15) is 0 Å². The first-order chi connectivity index (χ1) is 31.9. The Bertz CT molecular complexity index is 2800. The van der Waals surface area contributed by atoms with Crippen molar-refractivity contribution < 1.29 is 17.6 Å². The van der Waals surface area contributed by atoms with Gasteiger partial charge < -0.3 is 45.9 Å². The lowest BCUT2D eigenvalue weighted by Crippen LogP contribution is -1.98. The van der Waals surface area contributed by atoms with Gasteiger partial charge in [0.2, 0.25) is 0 Å². The summed E-state index contributed by atoms with van der Waals surface area (Å²) in [4.78, 5) is 0. The molecule has 0 aliphatic heterocycles. The standard InChI is InChI=1S/C16H20N2.C12H8Cl4N2.C12H8F4N2.C12H12N2/c1-9-5-13(17)6-10(2)15(9)16-11(3)7-14(18)8-12(16)4;2*13-7-3-11(17)9(15)1-5(7)6-2-10(16)12(18)4-8(6)14;13-11-5-1-3-9(7-11)10-4-2-6-12(14)8-10/h5-8H,17-18H2,1-4H3;2*1-4H,17-18H2;1-8H,13-14H2. The van der Waals surface area contributed by atoms with E-state index >= 15 is 0 Å². The molecule has 0 spiro atoms. The van der Waals surface area contributed by atoms with E-state index in [1.807, 2.05) is 72.8 Å². The lowest BCUT2D eigenvalue weighted by molar-refractivity contribution is 0.594. The molecule has 352 valence electrons. The van der Waals surface area contributed by atoms with Crippen molar-refractivity contribution in [2.45, 2.75) is 27.7 Å². The van der Waals surface area contributed by atoms with Gasteiger partial charge in [-0.15, -0.1) is 0 Å². The SMILES string of the molecule is Cc1cc(N)cc(C)c1-c1c(C)cc(N)cc1C.Nc1cc(Cl)c(-c2cc(Cl)c(N)cc2Cl)cc1Cl.Nc1cc(F)c(-c2cc(F)c(N)cc2F)cc1F.Nc1cccc(-c2cccc(N)c2)c1. The zero-order valence-corrected chi connectivity index (χ0v) is 40.2. The van der Waals surface area contributed by atoms with Crippen molar-refractivity contribution in [2.75, 3.05) is 45.9 Å². The third kappa shape index (κ3) is 12.7. The van der Waals surface area contributed by atoms with Gasteiger partial charge in [-0.25, -0.2) is 17.6 Å². The number of rotatable bonds is 4. The van der Waals surface area contributed by atoms with E-state index in [4.69, 9.17) is 92.3 Å². The monoisotopic (exact) mass is 1000 g/mol. The maximum Gasteiger partial charge on any atom is 0.146 e. The molecule has 8 nitrogen and oxygen atoms in total. The zero-order valence-electron chi connectivity index (χ0n) is 37.2. The minimum absolute atomic E-state index is 0.401. The third-order valence-electron chi connectivity index (χ3n) is 10.4. The van der Waals surface area contributed by atoms with Gasteiger partial charge in [0.15, 0.2) is 0 Å². The topological polar surface area (TPSA) is 208 Å². The Morgan fingerprint density at radius 3 is 0.941 bits per heavy atom. The van der Waals surface area contributed by atoms with Gasteiger partial charge in [0, 0.05) is 57.1 Å². The second-order valence-corrected chi connectivity index (χ2v) is 17.4. The summed E-state index contributed by atoms with van der Waals surface area (Å²) in [5.41, 5.74) is 58.1. The summed E-state index contributed by atoms with van der Waals surface area (Å²) in [6.07, 6.45) is 0. The van der Waals surface area contributed by atoms with E-state index in [0.717, 1.165) is 33.9 Å². The van der Waals surface area contributed by atoms with E-state index in [2.05, 4.69) is 27.7 Å². The van der Waals surface area contributed by atoms with Crippen molar-refractivity contribution >= 4 is 91.9 Å². The molecule has 0 aromatic heterocycles. The summed E-state index contributed by atoms with van der Waals surface area (Å²) in [7, 11) is 0. The van der Waals surface area contributed by atoms with Crippen LogP contribution >= 0.6 is 46.4 Å². The van der Waals surface area contributed by atoms with Gasteiger partial charge in [-0.1, -0.05) is 70.7 Å². The van der Waals surface area contributed by atoms with Crippen LogP contribution in [-0.4, -0.2) is 0 Å². The van der Waals surface area contributed by atoms with Gasteiger partial charge in [0.1, 0.15) is 23.3 Å². The molecule has 16 N–H and O–H groups in total. The molecule has 0 atom stereocenters. The number of nitrogen functional groups attached to an aromatic ring is 8. The van der Waals surface area contributed by atoms with Gasteiger partial charge in [-0.3, -0.25) is 0 Å². The van der Waals surface area contributed by atoms with Crippen LogP contribution in [0.15, 0.2) is 121 Å². The number of hydrogen-bond acceptors (Lipinski definition) is 8. The Kier molecular flexibility index (Phi) is 17.0. The Morgan fingerprint density at radius 1 is 0.309 bits per heavy atom. The van der Waals surface area contributed by atoms with Crippen LogP contribution in [0.3, 0.4) is 0 Å². The van der Waals surface area contributed by atoms with Crippen LogP contribution in [0.5, 0.6) is 0 Å². The molecular weight excluding hydrogens is 954 g/mol. The van der Waals surface area contributed by atoms with E-state index in [9.17, 15) is 17.6 Å². The first kappa shape index (κ1) is 52.0. The molecular formula is C52H48Cl4F4N8. The zero-order chi connectivity index (χ0) is 50.3. The molecule has 0 saturated carbocycles. The first-order valence-corrected chi connectivity index (χ1v) is 21.9. The van der Waals surface area contributed by atoms with E-state index in [1.54, 1.807) is 24.3 Å². The minimum Gasteiger partial charge on any atom is -0.399 e. The van der Waals surface area contributed by atoms with Crippen molar-refractivity contribution in [1.82, 2.24) is 0 Å². The lowest BCUT2D eigenvalue weighted by atomic mass is 9.89. The van der Waals surface area contributed by atoms with Gasteiger partial charge in [-0.05, 0) is 157 Å². The van der Waals surface area contributed by atoms with Gasteiger partial charge >= 0.3 is 0 Å². The molecule has 68 heavy (non-hydrogen) atoms. The molecule has 0 unspecified atom stereocenters. The van der Waals surface area contributed by atoms with E-state index in [0.29, 0.717) is 66.9 Å². The predicted molar refractivity (Wildman–Crippen MR) is 282 cm³/mol. The molecule has 0 aliphatic rings. The van der Waals surface area contributed by atoms with Crippen LogP contribution in [0.1, 0.15) is 22.3 Å². The normalized spacial score (nSPS) is 10.5. The third-order valence-corrected chi connectivity index (χ3v) is 11.7. The summed E-state index contributed by atoms with van der Waals surface area (Å²) >= 11 is 24.2. The Balaban J connectivity index is 0.000000170. The van der Waals surface area contributed by atoms with E-state index < -0.39 is 45.8 Å². The largest absolute Gasteiger partial charge is 0.399 e. The Hall–Kier alpha value is -6.96. The maximum absolute atomic E-state index is 13.6. The maximum atomic E-state index is 13.6. The van der Waals surface area contributed by atoms with Gasteiger partial charge in [0.25, 0.3) is 0 Å². The molecule has 16 heteroatoms. The summed E-state index contributed by atoms with van der Waals surface area (Å²) < 4.78 is 53.6. The fraction of sp³-hybridized carbons (Fsp3) is 0.0769. The second kappa shape index (κ2) is 22.2. The quantitative estimate of drug-likeness (QED) is 0.0627. The highest BCUT2D eigenvalue weighted by atomic mass is 35.5. The Labute approximate surface area is 412 Å². The van der Waals surface area contributed by atoms with Crippen molar-refractivity contribution in [1.29, 1.82) is 0 Å². The van der Waals surface area contributed by atoms with Crippen LogP contribution in [-0.2, 0) is 0 Å². The van der Waals surface area contributed by atoms with Crippen molar-refractivity contribution in [3.63, 3.8) is 0 Å². The lowest BCUT2D eigenvalue weighted by Gasteiger charge is -2.17. The van der Waals surface area contributed by atoms with E-state index in [1.165, 1.54) is 33.4 Å².